The van der Waals surface area contributed by atoms with Crippen molar-refractivity contribution in [1.82, 2.24) is 0 Å². The Hall–Kier alpha value is -0.870. The predicted molar refractivity (Wildman–Crippen MR) is 74.6 cm³/mol. The van der Waals surface area contributed by atoms with Gasteiger partial charge in [-0.25, -0.2) is 0 Å². The van der Waals surface area contributed by atoms with Crippen LogP contribution in [0.25, 0.3) is 0 Å². The second-order valence-electron chi connectivity index (χ2n) is 6.44. The Balaban J connectivity index is 3.05. The highest BCUT2D eigenvalue weighted by molar-refractivity contribution is 7.85. The first kappa shape index (κ1) is 15.2. The maximum absolute atomic E-state index is 11.0. The lowest BCUT2D eigenvalue weighted by molar-refractivity contribution is 0.460. The summed E-state index contributed by atoms with van der Waals surface area (Å²) in [5, 5.41) is 0. The van der Waals surface area contributed by atoms with Gasteiger partial charge in [0.1, 0.15) is 0 Å². The van der Waals surface area contributed by atoms with Crippen LogP contribution in [0.3, 0.4) is 0 Å². The summed E-state index contributed by atoms with van der Waals surface area (Å²) in [7, 11) is -3.97. The van der Waals surface area contributed by atoms with Gasteiger partial charge in [-0.15, -0.1) is 0 Å². The largest absolute Gasteiger partial charge is 0.286 e. The first-order valence-electron chi connectivity index (χ1n) is 5.98. The lowest BCUT2D eigenvalue weighted by Crippen LogP contribution is -2.28. The molecule has 0 spiro atoms. The summed E-state index contributed by atoms with van der Waals surface area (Å²) < 4.78 is 31.0. The minimum absolute atomic E-state index is 0.0751. The van der Waals surface area contributed by atoms with Crippen LogP contribution in [0.2, 0.25) is 0 Å². The van der Waals surface area contributed by atoms with Crippen LogP contribution in [0, 0.1) is 0 Å². The Labute approximate surface area is 110 Å². The monoisotopic (exact) mass is 270 g/mol. The Morgan fingerprint density at radius 3 is 1.67 bits per heavy atom. The van der Waals surface area contributed by atoms with Gasteiger partial charge in [0, 0.05) is 5.41 Å². The number of benzene rings is 1. The van der Waals surface area contributed by atoms with Gasteiger partial charge >= 0.3 is 0 Å². The minimum Gasteiger partial charge on any atom is -0.286 e. The lowest BCUT2D eigenvalue weighted by Gasteiger charge is -2.25. The Bertz CT molecular complexity index is 505. The van der Waals surface area contributed by atoms with Crippen molar-refractivity contribution in [3.05, 3.63) is 35.4 Å². The normalized spacial score (nSPS) is 13.7. The van der Waals surface area contributed by atoms with Gasteiger partial charge in [0.25, 0.3) is 10.1 Å². The Morgan fingerprint density at radius 2 is 1.33 bits per heavy atom. The van der Waals surface area contributed by atoms with Crippen molar-refractivity contribution in [3.8, 4) is 0 Å². The van der Waals surface area contributed by atoms with Gasteiger partial charge in [-0.2, -0.15) is 8.42 Å². The quantitative estimate of drug-likeness (QED) is 0.858. The van der Waals surface area contributed by atoms with Crippen molar-refractivity contribution in [1.29, 1.82) is 0 Å². The zero-order valence-electron chi connectivity index (χ0n) is 11.7. The fraction of sp³-hybridized carbons (Fsp3) is 0.571. The van der Waals surface area contributed by atoms with Crippen molar-refractivity contribution in [2.45, 2.75) is 45.4 Å². The smallest absolute Gasteiger partial charge is 0.265 e. The second-order valence-corrected chi connectivity index (χ2v) is 7.89. The van der Waals surface area contributed by atoms with E-state index in [0.717, 1.165) is 5.56 Å². The van der Waals surface area contributed by atoms with Gasteiger partial charge in [0.05, 0.1) is 5.75 Å². The number of hydrogen-bond acceptors (Lipinski definition) is 2. The van der Waals surface area contributed by atoms with Gasteiger partial charge in [-0.3, -0.25) is 4.55 Å². The lowest BCUT2D eigenvalue weighted by atomic mass is 9.82. The molecule has 0 aliphatic carbocycles. The standard InChI is InChI=1S/C14H22O3S/c1-13(2,3)11-6-8-12(9-7-11)14(4,5)10-18(15,16)17/h6-9H,10H2,1-5H3,(H,15,16,17). The van der Waals surface area contributed by atoms with Crippen molar-refractivity contribution in [2.24, 2.45) is 0 Å². The molecule has 1 N–H and O–H groups in total. The van der Waals surface area contributed by atoms with E-state index < -0.39 is 15.5 Å². The molecule has 0 heterocycles. The molecule has 1 aromatic rings. The topological polar surface area (TPSA) is 54.4 Å². The summed E-state index contributed by atoms with van der Waals surface area (Å²) in [5.41, 5.74) is 1.59. The van der Waals surface area contributed by atoms with Crippen LogP contribution in [-0.2, 0) is 20.9 Å². The van der Waals surface area contributed by atoms with E-state index in [-0.39, 0.29) is 11.2 Å². The third kappa shape index (κ3) is 4.10. The molecular weight excluding hydrogens is 248 g/mol. The molecule has 0 unspecified atom stereocenters. The van der Waals surface area contributed by atoms with Crippen molar-refractivity contribution in [3.63, 3.8) is 0 Å². The Kier molecular flexibility index (Phi) is 3.94. The average Bonchev–Trinajstić information content (AvgIpc) is 2.13. The molecule has 18 heavy (non-hydrogen) atoms. The summed E-state index contributed by atoms with van der Waals surface area (Å²) in [6.07, 6.45) is 0. The maximum atomic E-state index is 11.0. The van der Waals surface area contributed by atoms with Crippen molar-refractivity contribution < 1.29 is 13.0 Å². The number of rotatable bonds is 3. The first-order chi connectivity index (χ1) is 7.92. The molecule has 0 aromatic heterocycles. The minimum atomic E-state index is -3.97. The summed E-state index contributed by atoms with van der Waals surface area (Å²) in [4.78, 5) is 0. The third-order valence-corrected chi connectivity index (χ3v) is 4.16. The highest BCUT2D eigenvalue weighted by Crippen LogP contribution is 2.28. The predicted octanol–water partition coefficient (Wildman–Crippen LogP) is 3.15. The summed E-state index contributed by atoms with van der Waals surface area (Å²) in [5.74, 6) is -0.269. The van der Waals surface area contributed by atoms with Crippen LogP contribution in [0.1, 0.15) is 45.7 Å². The van der Waals surface area contributed by atoms with Gasteiger partial charge in [-0.05, 0) is 16.5 Å². The van der Waals surface area contributed by atoms with E-state index >= 15 is 0 Å². The molecular formula is C14H22O3S. The molecule has 1 rings (SSSR count). The molecule has 0 saturated heterocycles. The van der Waals surface area contributed by atoms with Crippen LogP contribution in [0.4, 0.5) is 0 Å². The van der Waals surface area contributed by atoms with Crippen LogP contribution in [-0.4, -0.2) is 18.7 Å². The van der Waals surface area contributed by atoms with Gasteiger partial charge in [0.2, 0.25) is 0 Å². The van der Waals surface area contributed by atoms with E-state index in [9.17, 15) is 8.42 Å². The number of hydrogen-bond donors (Lipinski definition) is 1. The molecule has 0 amide bonds. The zero-order valence-corrected chi connectivity index (χ0v) is 12.5. The molecule has 0 aliphatic heterocycles. The summed E-state index contributed by atoms with van der Waals surface area (Å²) >= 11 is 0. The molecule has 0 saturated carbocycles. The van der Waals surface area contributed by atoms with Crippen LogP contribution < -0.4 is 0 Å². The summed E-state index contributed by atoms with van der Waals surface area (Å²) in [6, 6.07) is 7.90. The SMILES string of the molecule is CC(C)(C)c1ccc(C(C)(C)CS(=O)(=O)O)cc1. The molecule has 4 heteroatoms. The molecule has 1 aromatic carbocycles. The van der Waals surface area contributed by atoms with Crippen LogP contribution in [0.5, 0.6) is 0 Å². The molecule has 0 bridgehead atoms. The molecule has 0 atom stereocenters. The zero-order chi connectivity index (χ0) is 14.2. The Morgan fingerprint density at radius 1 is 0.944 bits per heavy atom. The van der Waals surface area contributed by atoms with Gasteiger partial charge < -0.3 is 0 Å². The maximum Gasteiger partial charge on any atom is 0.265 e. The third-order valence-electron chi connectivity index (χ3n) is 3.08. The van der Waals surface area contributed by atoms with E-state index in [4.69, 9.17) is 4.55 Å². The van der Waals surface area contributed by atoms with E-state index in [1.807, 2.05) is 38.1 Å². The summed E-state index contributed by atoms with van der Waals surface area (Å²) in [6.45, 7) is 10.0. The van der Waals surface area contributed by atoms with E-state index in [2.05, 4.69) is 20.8 Å². The molecule has 0 aliphatic rings. The molecule has 0 radical (unpaired) electrons. The fourth-order valence-electron chi connectivity index (χ4n) is 1.96. The van der Waals surface area contributed by atoms with E-state index in [0.29, 0.717) is 0 Å². The average molecular weight is 270 g/mol. The van der Waals surface area contributed by atoms with Crippen LogP contribution >= 0.6 is 0 Å². The van der Waals surface area contributed by atoms with Crippen molar-refractivity contribution in [2.75, 3.05) is 5.75 Å². The van der Waals surface area contributed by atoms with E-state index in [1.165, 1.54) is 5.56 Å². The second kappa shape index (κ2) is 4.67. The highest BCUT2D eigenvalue weighted by atomic mass is 32.2. The molecule has 3 nitrogen and oxygen atoms in total. The van der Waals surface area contributed by atoms with E-state index in [1.54, 1.807) is 0 Å². The molecule has 102 valence electrons. The van der Waals surface area contributed by atoms with Gasteiger partial charge in [0.15, 0.2) is 0 Å². The molecule has 0 fully saturated rings. The first-order valence-corrected chi connectivity index (χ1v) is 7.59. The van der Waals surface area contributed by atoms with Gasteiger partial charge in [-0.1, -0.05) is 58.9 Å². The van der Waals surface area contributed by atoms with Crippen LogP contribution in [0.15, 0.2) is 24.3 Å². The van der Waals surface area contributed by atoms with Crippen molar-refractivity contribution >= 4 is 10.1 Å². The highest BCUT2D eigenvalue weighted by Gasteiger charge is 2.27. The fourth-order valence-corrected chi connectivity index (χ4v) is 3.04.